The molecule has 190 valence electrons. The number of carbonyl (C=O) groups is 1. The monoisotopic (exact) mass is 515 g/mol. The number of carbonyl (C=O) groups excluding carboxylic acids is 1. The summed E-state index contributed by atoms with van der Waals surface area (Å²) in [5.74, 6) is 0.612. The molecule has 0 spiro atoms. The summed E-state index contributed by atoms with van der Waals surface area (Å²) in [6.07, 6.45) is 8.02. The molecule has 4 aromatic rings. The van der Waals surface area contributed by atoms with Gasteiger partial charge in [0, 0.05) is 73.5 Å². The summed E-state index contributed by atoms with van der Waals surface area (Å²) in [5.41, 5.74) is 5.35. The number of aryl methyl sites for hydroxylation is 3. The highest BCUT2D eigenvalue weighted by atomic mass is 32.1. The molecule has 1 unspecified atom stereocenters. The molecule has 37 heavy (non-hydrogen) atoms. The summed E-state index contributed by atoms with van der Waals surface area (Å²) in [6.45, 7) is 3.90. The second-order valence-corrected chi connectivity index (χ2v) is 10.9. The van der Waals surface area contributed by atoms with E-state index in [9.17, 15) is 4.79 Å². The number of amides is 1. The molecule has 2 bridgehead atoms. The van der Waals surface area contributed by atoms with E-state index in [1.165, 1.54) is 0 Å². The topological polar surface area (TPSA) is 98.9 Å². The van der Waals surface area contributed by atoms with E-state index >= 15 is 0 Å². The van der Waals surface area contributed by atoms with Crippen LogP contribution in [0.15, 0.2) is 42.0 Å². The Balaban J connectivity index is 1.09. The van der Waals surface area contributed by atoms with Crippen molar-refractivity contribution < 1.29 is 9.53 Å². The zero-order valence-electron chi connectivity index (χ0n) is 21.2. The van der Waals surface area contributed by atoms with Crippen molar-refractivity contribution >= 4 is 17.2 Å². The van der Waals surface area contributed by atoms with Gasteiger partial charge in [-0.15, -0.1) is 16.4 Å². The zero-order chi connectivity index (χ0) is 25.5. The van der Waals surface area contributed by atoms with Crippen LogP contribution >= 0.6 is 11.3 Å². The molecule has 2 aliphatic rings. The Morgan fingerprint density at radius 2 is 1.92 bits per heavy atom. The van der Waals surface area contributed by atoms with E-state index in [1.807, 2.05) is 51.4 Å². The van der Waals surface area contributed by atoms with Crippen molar-refractivity contribution in [1.82, 2.24) is 34.8 Å². The normalized spacial score (nSPS) is 20.8. The van der Waals surface area contributed by atoms with Crippen molar-refractivity contribution in [2.45, 2.75) is 64.1 Å². The van der Waals surface area contributed by atoms with E-state index in [0.29, 0.717) is 17.9 Å². The third kappa shape index (κ3) is 4.85. The van der Waals surface area contributed by atoms with Crippen molar-refractivity contribution in [3.63, 3.8) is 0 Å². The van der Waals surface area contributed by atoms with Crippen LogP contribution in [0.4, 0.5) is 0 Å². The first-order valence-corrected chi connectivity index (χ1v) is 13.5. The third-order valence-electron chi connectivity index (χ3n) is 7.23. The molecule has 2 saturated heterocycles. The lowest BCUT2D eigenvalue weighted by molar-refractivity contribution is 0.0345. The number of fused-ring (bicyclic) bond motifs is 2. The van der Waals surface area contributed by atoms with Gasteiger partial charge >= 0.3 is 0 Å². The van der Waals surface area contributed by atoms with Crippen LogP contribution in [0, 0.1) is 13.8 Å². The number of nitrogens with zero attached hydrogens (tertiary/aromatic N) is 7. The maximum atomic E-state index is 13.4. The molecule has 0 aromatic carbocycles. The largest absolute Gasteiger partial charge is 0.473 e. The molecule has 9 nitrogen and oxygen atoms in total. The molecule has 0 aliphatic carbocycles. The number of aromatic nitrogens is 6. The van der Waals surface area contributed by atoms with Gasteiger partial charge in [0.15, 0.2) is 0 Å². The molecule has 0 saturated carbocycles. The van der Waals surface area contributed by atoms with Crippen LogP contribution in [0.5, 0.6) is 5.88 Å². The van der Waals surface area contributed by atoms with Gasteiger partial charge < -0.3 is 9.64 Å². The van der Waals surface area contributed by atoms with Gasteiger partial charge in [0.25, 0.3) is 5.91 Å². The Morgan fingerprint density at radius 1 is 1.11 bits per heavy atom. The molecule has 0 N–H and O–H groups in total. The number of hydrogen-bond acceptors (Lipinski definition) is 8. The predicted molar refractivity (Wildman–Crippen MR) is 139 cm³/mol. The Bertz CT molecular complexity index is 1400. The minimum Gasteiger partial charge on any atom is -0.473 e. The van der Waals surface area contributed by atoms with Crippen LogP contribution < -0.4 is 4.74 Å². The third-order valence-corrected chi connectivity index (χ3v) is 8.08. The zero-order valence-corrected chi connectivity index (χ0v) is 22.0. The molecule has 1 amide bonds. The van der Waals surface area contributed by atoms with Gasteiger partial charge in [-0.05, 0) is 44.9 Å². The van der Waals surface area contributed by atoms with Gasteiger partial charge in [0.1, 0.15) is 6.10 Å². The van der Waals surface area contributed by atoms with Gasteiger partial charge in [0.2, 0.25) is 5.88 Å². The van der Waals surface area contributed by atoms with E-state index in [-0.39, 0.29) is 24.1 Å². The van der Waals surface area contributed by atoms with Crippen LogP contribution in [-0.2, 0) is 13.5 Å². The van der Waals surface area contributed by atoms with Gasteiger partial charge in [-0.1, -0.05) is 0 Å². The van der Waals surface area contributed by atoms with Crippen LogP contribution in [-0.4, -0.2) is 58.9 Å². The Morgan fingerprint density at radius 3 is 2.57 bits per heavy atom. The first-order chi connectivity index (χ1) is 17.9. The van der Waals surface area contributed by atoms with Crippen molar-refractivity contribution in [3.8, 4) is 17.1 Å². The molecule has 6 rings (SSSR count). The molecule has 0 radical (unpaired) electrons. The second-order valence-electron chi connectivity index (χ2n) is 9.96. The summed E-state index contributed by atoms with van der Waals surface area (Å²) in [7, 11) is 1.92. The summed E-state index contributed by atoms with van der Waals surface area (Å²) in [5, 5.41) is 15.7. The lowest BCUT2D eigenvalue weighted by Gasteiger charge is -2.38. The smallest absolute Gasteiger partial charge is 0.255 e. The highest BCUT2D eigenvalue weighted by Gasteiger charge is 2.44. The van der Waals surface area contributed by atoms with Crippen molar-refractivity contribution in [1.29, 1.82) is 0 Å². The SMILES string of the molecule is Cc1ccc(OC2C[C@H]3CC[C@@H](C2)N3C(=O)c2ccc(Cc3nc(-c4cn(C)nc4C)cs3)nc2)nn1. The Labute approximate surface area is 219 Å². The molecule has 2 aliphatic heterocycles. The maximum Gasteiger partial charge on any atom is 0.255 e. The van der Waals surface area contributed by atoms with Crippen molar-refractivity contribution in [3.05, 3.63) is 69.7 Å². The molecular formula is C27H29N7O2S. The quantitative estimate of drug-likeness (QED) is 0.380. The average molecular weight is 516 g/mol. The van der Waals surface area contributed by atoms with Crippen LogP contribution in [0.1, 0.15) is 58.1 Å². The van der Waals surface area contributed by atoms with Gasteiger partial charge in [-0.2, -0.15) is 10.2 Å². The maximum absolute atomic E-state index is 13.4. The van der Waals surface area contributed by atoms with E-state index in [4.69, 9.17) is 9.72 Å². The molecule has 10 heteroatoms. The lowest BCUT2D eigenvalue weighted by Crippen LogP contribution is -2.49. The van der Waals surface area contributed by atoms with Crippen LogP contribution in [0.2, 0.25) is 0 Å². The van der Waals surface area contributed by atoms with Crippen molar-refractivity contribution in [2.75, 3.05) is 0 Å². The van der Waals surface area contributed by atoms with Gasteiger partial charge in [-0.25, -0.2) is 4.98 Å². The van der Waals surface area contributed by atoms with E-state index in [2.05, 4.69) is 30.6 Å². The van der Waals surface area contributed by atoms with Gasteiger partial charge in [-0.3, -0.25) is 14.5 Å². The first kappa shape index (κ1) is 23.7. The highest BCUT2D eigenvalue weighted by Crippen LogP contribution is 2.38. The van der Waals surface area contributed by atoms with E-state index in [1.54, 1.807) is 22.2 Å². The number of rotatable bonds is 6. The fraction of sp³-hybridized carbons (Fsp3) is 0.407. The Hall–Kier alpha value is -3.66. The number of pyridine rings is 1. The average Bonchev–Trinajstić information content (AvgIpc) is 3.56. The number of ether oxygens (including phenoxy) is 1. The van der Waals surface area contributed by atoms with E-state index in [0.717, 1.165) is 59.0 Å². The first-order valence-electron chi connectivity index (χ1n) is 12.6. The molecule has 6 heterocycles. The summed E-state index contributed by atoms with van der Waals surface area (Å²) in [4.78, 5) is 24.9. The fourth-order valence-corrected chi connectivity index (χ4v) is 6.31. The minimum atomic E-state index is 0.0534. The van der Waals surface area contributed by atoms with Crippen LogP contribution in [0.25, 0.3) is 11.3 Å². The number of piperidine rings is 1. The summed E-state index contributed by atoms with van der Waals surface area (Å²) < 4.78 is 7.91. The van der Waals surface area contributed by atoms with Gasteiger partial charge in [0.05, 0.1) is 27.7 Å². The molecule has 3 atom stereocenters. The number of hydrogen-bond donors (Lipinski definition) is 0. The fourth-order valence-electron chi connectivity index (χ4n) is 5.50. The highest BCUT2D eigenvalue weighted by molar-refractivity contribution is 7.10. The minimum absolute atomic E-state index is 0.0534. The predicted octanol–water partition coefficient (Wildman–Crippen LogP) is 4.15. The Kier molecular flexibility index (Phi) is 6.19. The number of thiazole rings is 1. The standard InChI is InChI=1S/C27H29N7O2S/c1-16-4-9-25(31-30-16)36-22-11-20-7-8-21(12-22)34(20)27(35)18-5-6-19(28-13-18)10-26-29-24(15-37-26)23-14-33(3)32-17(23)2/h4-6,9,13-15,20-22H,7-8,10-12H2,1-3H3/t20-,21+,22?. The van der Waals surface area contributed by atoms with E-state index < -0.39 is 0 Å². The van der Waals surface area contributed by atoms with Crippen molar-refractivity contribution in [2.24, 2.45) is 7.05 Å². The molecule has 4 aromatic heterocycles. The lowest BCUT2D eigenvalue weighted by atomic mass is 9.98. The van der Waals surface area contributed by atoms with Crippen LogP contribution in [0.3, 0.4) is 0 Å². The molecule has 2 fully saturated rings. The summed E-state index contributed by atoms with van der Waals surface area (Å²) >= 11 is 1.62. The molecular weight excluding hydrogens is 486 g/mol. The second kappa shape index (κ2) is 9.66. The summed E-state index contributed by atoms with van der Waals surface area (Å²) in [6, 6.07) is 7.97.